The molecule has 1 saturated heterocycles. The molecule has 0 aromatic heterocycles. The quantitative estimate of drug-likeness (QED) is 0.682. The van der Waals surface area contributed by atoms with Gasteiger partial charge in [-0.05, 0) is 57.0 Å². The number of piperidine rings is 1. The monoisotopic (exact) mass is 357 g/mol. The molecular formula is C17H25ClFN3O2. The summed E-state index contributed by atoms with van der Waals surface area (Å²) < 4.78 is 12.8. The van der Waals surface area contributed by atoms with Crippen LogP contribution >= 0.6 is 12.4 Å². The smallest absolute Gasteiger partial charge is 0.251 e. The van der Waals surface area contributed by atoms with Gasteiger partial charge in [0.2, 0.25) is 5.91 Å². The summed E-state index contributed by atoms with van der Waals surface area (Å²) in [6, 6.07) is 5.86. The van der Waals surface area contributed by atoms with Gasteiger partial charge in [0.05, 0.1) is 0 Å². The van der Waals surface area contributed by atoms with Crippen molar-refractivity contribution in [3.63, 3.8) is 0 Å². The van der Waals surface area contributed by atoms with E-state index in [0.717, 1.165) is 19.4 Å². The third kappa shape index (κ3) is 6.45. The van der Waals surface area contributed by atoms with Crippen LogP contribution in [0.3, 0.4) is 0 Å². The van der Waals surface area contributed by atoms with Gasteiger partial charge >= 0.3 is 0 Å². The Morgan fingerprint density at radius 1 is 1.29 bits per heavy atom. The molecule has 2 rings (SSSR count). The Labute approximate surface area is 148 Å². The predicted molar refractivity (Wildman–Crippen MR) is 93.8 cm³/mol. The summed E-state index contributed by atoms with van der Waals surface area (Å²) in [4.78, 5) is 23.7. The average molecular weight is 358 g/mol. The first kappa shape index (κ1) is 20.4. The molecule has 1 heterocycles. The highest BCUT2D eigenvalue weighted by Gasteiger charge is 2.21. The van der Waals surface area contributed by atoms with Crippen LogP contribution < -0.4 is 16.0 Å². The molecule has 3 N–H and O–H groups in total. The normalized spacial score (nSPS) is 19.9. The molecule has 2 amide bonds. The number of amides is 2. The van der Waals surface area contributed by atoms with E-state index in [-0.39, 0.29) is 36.1 Å². The first-order valence-corrected chi connectivity index (χ1v) is 8.13. The number of hydrogen-bond donors (Lipinski definition) is 3. The summed E-state index contributed by atoms with van der Waals surface area (Å²) in [5.41, 5.74) is 0.415. The fraction of sp³-hybridized carbons (Fsp3) is 0.529. The Kier molecular flexibility index (Phi) is 8.71. The van der Waals surface area contributed by atoms with Gasteiger partial charge in [-0.3, -0.25) is 9.59 Å². The standard InChI is InChI=1S/C17H24FN3O2.ClH/c1-12-15(4-2-10-19-12)21-16(22)5-3-11-20-17(23)13-6-8-14(18)9-7-13;/h6-9,12,15,19H,2-5,10-11H2,1H3,(H,20,23)(H,21,22);1H. The van der Waals surface area contributed by atoms with Crippen molar-refractivity contribution in [2.45, 2.75) is 44.7 Å². The SMILES string of the molecule is CC1NCCCC1NC(=O)CCCNC(=O)c1ccc(F)cc1.Cl. The Morgan fingerprint density at radius 2 is 2.00 bits per heavy atom. The summed E-state index contributed by atoms with van der Waals surface area (Å²) in [5.74, 6) is -0.609. The molecule has 0 bridgehead atoms. The minimum absolute atomic E-state index is 0. The lowest BCUT2D eigenvalue weighted by atomic mass is 10.00. The van der Waals surface area contributed by atoms with Gasteiger partial charge in [0.1, 0.15) is 5.82 Å². The van der Waals surface area contributed by atoms with Crippen molar-refractivity contribution < 1.29 is 14.0 Å². The van der Waals surface area contributed by atoms with E-state index in [1.807, 2.05) is 0 Å². The zero-order valence-corrected chi connectivity index (χ0v) is 14.6. The number of rotatable bonds is 6. The fourth-order valence-electron chi connectivity index (χ4n) is 2.67. The van der Waals surface area contributed by atoms with Crippen LogP contribution in [-0.2, 0) is 4.79 Å². The molecule has 1 fully saturated rings. The number of nitrogens with one attached hydrogen (secondary N) is 3. The van der Waals surface area contributed by atoms with Crippen LogP contribution in [0.4, 0.5) is 4.39 Å². The summed E-state index contributed by atoms with van der Waals surface area (Å²) in [7, 11) is 0. The average Bonchev–Trinajstić information content (AvgIpc) is 2.54. The molecule has 1 aromatic rings. The van der Waals surface area contributed by atoms with E-state index >= 15 is 0 Å². The van der Waals surface area contributed by atoms with Crippen LogP contribution in [-0.4, -0.2) is 37.0 Å². The first-order valence-electron chi connectivity index (χ1n) is 8.13. The number of carbonyl (C=O) groups is 2. The molecule has 1 aliphatic rings. The van der Waals surface area contributed by atoms with E-state index in [4.69, 9.17) is 0 Å². The molecule has 1 aliphatic heterocycles. The van der Waals surface area contributed by atoms with Gasteiger partial charge in [0.25, 0.3) is 5.91 Å². The van der Waals surface area contributed by atoms with Crippen LogP contribution in [0.1, 0.15) is 43.0 Å². The van der Waals surface area contributed by atoms with Crippen LogP contribution in [0.5, 0.6) is 0 Å². The Balaban J connectivity index is 0.00000288. The molecule has 2 atom stereocenters. The highest BCUT2D eigenvalue weighted by atomic mass is 35.5. The summed E-state index contributed by atoms with van der Waals surface area (Å²) in [6.07, 6.45) is 3.03. The number of carbonyl (C=O) groups excluding carboxylic acids is 2. The lowest BCUT2D eigenvalue weighted by Crippen LogP contribution is -2.51. The summed E-state index contributed by atoms with van der Waals surface area (Å²) in [5, 5.41) is 9.11. The van der Waals surface area contributed by atoms with E-state index < -0.39 is 0 Å². The van der Waals surface area contributed by atoms with Gasteiger partial charge in [-0.25, -0.2) is 4.39 Å². The molecular weight excluding hydrogens is 333 g/mol. The maximum Gasteiger partial charge on any atom is 0.251 e. The van der Waals surface area contributed by atoms with Crippen LogP contribution in [0, 0.1) is 5.82 Å². The zero-order valence-electron chi connectivity index (χ0n) is 13.8. The molecule has 5 nitrogen and oxygen atoms in total. The van der Waals surface area contributed by atoms with Crippen LogP contribution in [0.25, 0.3) is 0 Å². The Bertz CT molecular complexity index is 539. The van der Waals surface area contributed by atoms with Crippen LogP contribution in [0.15, 0.2) is 24.3 Å². The van der Waals surface area contributed by atoms with Crippen molar-refractivity contribution >= 4 is 24.2 Å². The highest BCUT2D eigenvalue weighted by molar-refractivity contribution is 5.94. The number of benzene rings is 1. The van der Waals surface area contributed by atoms with E-state index in [0.29, 0.717) is 31.0 Å². The first-order chi connectivity index (χ1) is 11.1. The molecule has 0 spiro atoms. The molecule has 24 heavy (non-hydrogen) atoms. The van der Waals surface area contributed by atoms with E-state index in [9.17, 15) is 14.0 Å². The molecule has 0 aliphatic carbocycles. The van der Waals surface area contributed by atoms with E-state index in [1.165, 1.54) is 24.3 Å². The van der Waals surface area contributed by atoms with Gasteiger partial charge in [-0.15, -0.1) is 12.4 Å². The van der Waals surface area contributed by atoms with Gasteiger partial charge in [-0.2, -0.15) is 0 Å². The number of hydrogen-bond acceptors (Lipinski definition) is 3. The predicted octanol–water partition coefficient (Wildman–Crippen LogP) is 2.01. The van der Waals surface area contributed by atoms with Crippen molar-refractivity contribution in [2.75, 3.05) is 13.1 Å². The summed E-state index contributed by atoms with van der Waals surface area (Å²) >= 11 is 0. The van der Waals surface area contributed by atoms with Gasteiger partial charge in [0.15, 0.2) is 0 Å². The molecule has 7 heteroatoms. The second kappa shape index (κ2) is 10.3. The van der Waals surface area contributed by atoms with Crippen molar-refractivity contribution in [1.82, 2.24) is 16.0 Å². The molecule has 0 saturated carbocycles. The molecule has 2 unspecified atom stereocenters. The van der Waals surface area contributed by atoms with E-state index in [1.54, 1.807) is 0 Å². The molecule has 1 aromatic carbocycles. The molecule has 0 radical (unpaired) electrons. The Morgan fingerprint density at radius 3 is 2.67 bits per heavy atom. The van der Waals surface area contributed by atoms with Crippen LogP contribution in [0.2, 0.25) is 0 Å². The van der Waals surface area contributed by atoms with Crippen molar-refractivity contribution in [2.24, 2.45) is 0 Å². The maximum atomic E-state index is 12.8. The third-order valence-electron chi connectivity index (χ3n) is 4.08. The molecule has 134 valence electrons. The zero-order chi connectivity index (χ0) is 16.7. The maximum absolute atomic E-state index is 12.8. The Hall–Kier alpha value is -1.66. The van der Waals surface area contributed by atoms with Crippen molar-refractivity contribution in [3.05, 3.63) is 35.6 Å². The van der Waals surface area contributed by atoms with Gasteiger partial charge in [-0.1, -0.05) is 0 Å². The largest absolute Gasteiger partial charge is 0.352 e. The third-order valence-corrected chi connectivity index (χ3v) is 4.08. The topological polar surface area (TPSA) is 70.2 Å². The lowest BCUT2D eigenvalue weighted by Gasteiger charge is -2.30. The van der Waals surface area contributed by atoms with E-state index in [2.05, 4.69) is 22.9 Å². The highest BCUT2D eigenvalue weighted by Crippen LogP contribution is 2.08. The minimum Gasteiger partial charge on any atom is -0.352 e. The minimum atomic E-state index is -0.371. The van der Waals surface area contributed by atoms with Gasteiger partial charge in [0, 0.05) is 30.6 Å². The lowest BCUT2D eigenvalue weighted by molar-refractivity contribution is -0.122. The fourth-order valence-corrected chi connectivity index (χ4v) is 2.67. The summed E-state index contributed by atoms with van der Waals surface area (Å²) in [6.45, 7) is 3.50. The second-order valence-electron chi connectivity index (χ2n) is 5.93. The van der Waals surface area contributed by atoms with Crippen molar-refractivity contribution in [1.29, 1.82) is 0 Å². The van der Waals surface area contributed by atoms with Crippen molar-refractivity contribution in [3.8, 4) is 0 Å². The second-order valence-corrected chi connectivity index (χ2v) is 5.93. The number of halogens is 2. The van der Waals surface area contributed by atoms with Gasteiger partial charge < -0.3 is 16.0 Å².